The third kappa shape index (κ3) is 3.49. The Morgan fingerprint density at radius 2 is 1.13 bits per heavy atom. The first-order chi connectivity index (χ1) is 22.7. The number of imidazole rings is 1. The van der Waals surface area contributed by atoms with E-state index in [4.69, 9.17) is 4.98 Å². The molecule has 0 saturated heterocycles. The third-order valence-corrected chi connectivity index (χ3v) is 9.50. The SMILES string of the molecule is O=c1n(-c2ccccc2)c2cc(-c3ccc(-c4ccc5ccc6cccc7ccc4c5c67)cc3)ccc2c2nc3ccccc3n12. The van der Waals surface area contributed by atoms with Crippen molar-refractivity contribution in [2.45, 2.75) is 0 Å². The van der Waals surface area contributed by atoms with Crippen molar-refractivity contribution in [3.05, 3.63) is 162 Å². The Labute approximate surface area is 263 Å². The monoisotopic (exact) mass is 587 g/mol. The minimum atomic E-state index is -0.135. The molecule has 0 bridgehead atoms. The second-order valence-corrected chi connectivity index (χ2v) is 12.0. The highest BCUT2D eigenvalue weighted by Crippen LogP contribution is 2.39. The van der Waals surface area contributed by atoms with Crippen LogP contribution in [0.5, 0.6) is 0 Å². The van der Waals surface area contributed by atoms with Gasteiger partial charge in [0.1, 0.15) is 0 Å². The summed E-state index contributed by atoms with van der Waals surface area (Å²) in [5, 5.41) is 8.65. The summed E-state index contributed by atoms with van der Waals surface area (Å²) < 4.78 is 3.54. The molecule has 0 saturated carbocycles. The Kier molecular flexibility index (Phi) is 5.11. The van der Waals surface area contributed by atoms with Gasteiger partial charge in [-0.25, -0.2) is 14.2 Å². The molecule has 46 heavy (non-hydrogen) atoms. The highest BCUT2D eigenvalue weighted by atomic mass is 16.1. The zero-order valence-electron chi connectivity index (χ0n) is 24.7. The number of para-hydroxylation sites is 3. The van der Waals surface area contributed by atoms with Gasteiger partial charge in [0.15, 0.2) is 5.65 Å². The number of aromatic nitrogens is 3. The summed E-state index contributed by atoms with van der Waals surface area (Å²) in [7, 11) is 0. The normalized spacial score (nSPS) is 12.0. The fraction of sp³-hybridized carbons (Fsp3) is 0. The molecule has 4 heteroatoms. The lowest BCUT2D eigenvalue weighted by Crippen LogP contribution is -2.25. The highest BCUT2D eigenvalue weighted by Gasteiger charge is 2.18. The second-order valence-electron chi connectivity index (χ2n) is 12.0. The lowest BCUT2D eigenvalue weighted by atomic mass is 9.89. The van der Waals surface area contributed by atoms with Crippen LogP contribution in [0.1, 0.15) is 0 Å². The molecule has 0 atom stereocenters. The largest absolute Gasteiger partial charge is 0.339 e. The van der Waals surface area contributed by atoms with Gasteiger partial charge in [-0.15, -0.1) is 0 Å². The van der Waals surface area contributed by atoms with Crippen molar-refractivity contribution in [3.8, 4) is 27.9 Å². The van der Waals surface area contributed by atoms with Crippen LogP contribution in [0.4, 0.5) is 0 Å². The molecule has 0 aliphatic heterocycles. The molecule has 0 fully saturated rings. The van der Waals surface area contributed by atoms with Crippen molar-refractivity contribution in [2.24, 2.45) is 0 Å². The van der Waals surface area contributed by atoms with Gasteiger partial charge in [-0.2, -0.15) is 0 Å². The maximum atomic E-state index is 14.2. The molecule has 0 amide bonds. The predicted molar refractivity (Wildman–Crippen MR) is 190 cm³/mol. The van der Waals surface area contributed by atoms with Crippen molar-refractivity contribution in [2.75, 3.05) is 0 Å². The topological polar surface area (TPSA) is 39.3 Å². The zero-order chi connectivity index (χ0) is 30.4. The summed E-state index contributed by atoms with van der Waals surface area (Å²) in [6.07, 6.45) is 0. The van der Waals surface area contributed by atoms with Crippen LogP contribution >= 0.6 is 0 Å². The zero-order valence-corrected chi connectivity index (χ0v) is 24.7. The van der Waals surface area contributed by atoms with Crippen LogP contribution in [0.2, 0.25) is 0 Å². The predicted octanol–water partition coefficient (Wildman–Crippen LogP) is 10.0. The van der Waals surface area contributed by atoms with Crippen LogP contribution < -0.4 is 5.69 Å². The number of fused-ring (bicyclic) bond motifs is 5. The van der Waals surface area contributed by atoms with Crippen molar-refractivity contribution in [1.29, 1.82) is 0 Å². The molecular formula is C42H25N3O. The van der Waals surface area contributed by atoms with Gasteiger partial charge in [-0.1, -0.05) is 115 Å². The Balaban J connectivity index is 1.15. The van der Waals surface area contributed by atoms with Gasteiger partial charge in [0.25, 0.3) is 0 Å². The minimum absolute atomic E-state index is 0.135. The van der Waals surface area contributed by atoms with Crippen LogP contribution in [0.3, 0.4) is 0 Å². The van der Waals surface area contributed by atoms with E-state index in [0.29, 0.717) is 5.65 Å². The first kappa shape index (κ1) is 25.1. The van der Waals surface area contributed by atoms with Gasteiger partial charge < -0.3 is 0 Å². The summed E-state index contributed by atoms with van der Waals surface area (Å²) >= 11 is 0. The van der Waals surface area contributed by atoms with Gasteiger partial charge in [0, 0.05) is 5.39 Å². The number of benzene rings is 8. The smallest absolute Gasteiger partial charge is 0.262 e. The van der Waals surface area contributed by atoms with Crippen molar-refractivity contribution < 1.29 is 0 Å². The first-order valence-electron chi connectivity index (χ1n) is 15.5. The third-order valence-electron chi connectivity index (χ3n) is 9.50. The van der Waals surface area contributed by atoms with E-state index in [1.807, 2.05) is 54.6 Å². The van der Waals surface area contributed by atoms with Gasteiger partial charge in [0.2, 0.25) is 0 Å². The van der Waals surface area contributed by atoms with Crippen LogP contribution in [0, 0.1) is 0 Å². The van der Waals surface area contributed by atoms with Gasteiger partial charge in [-0.05, 0) is 91.0 Å². The second kappa shape index (κ2) is 9.37. The molecule has 2 aromatic heterocycles. The molecule has 0 aliphatic rings. The first-order valence-corrected chi connectivity index (χ1v) is 15.5. The van der Waals surface area contributed by atoms with E-state index < -0.39 is 0 Å². The lowest BCUT2D eigenvalue weighted by molar-refractivity contribution is 0.932. The van der Waals surface area contributed by atoms with Crippen molar-refractivity contribution >= 4 is 59.9 Å². The summed E-state index contributed by atoms with van der Waals surface area (Å²) in [4.78, 5) is 19.1. The quantitative estimate of drug-likeness (QED) is 0.193. The van der Waals surface area contributed by atoms with E-state index >= 15 is 0 Å². The molecule has 2 heterocycles. The Hall–Kier alpha value is -6.26. The summed E-state index contributed by atoms with van der Waals surface area (Å²) in [6.45, 7) is 0. The van der Waals surface area contributed by atoms with Crippen LogP contribution in [0.25, 0.3) is 87.8 Å². The molecule has 0 N–H and O–H groups in total. The lowest BCUT2D eigenvalue weighted by Gasteiger charge is -2.15. The molecule has 0 aliphatic carbocycles. The van der Waals surface area contributed by atoms with E-state index in [1.54, 1.807) is 8.97 Å². The number of nitrogens with zero attached hydrogens (tertiary/aromatic N) is 3. The summed E-state index contributed by atoms with van der Waals surface area (Å²) in [5.41, 5.74) is 8.32. The van der Waals surface area contributed by atoms with Crippen LogP contribution in [-0.4, -0.2) is 14.0 Å². The highest BCUT2D eigenvalue weighted by molar-refractivity contribution is 6.25. The Morgan fingerprint density at radius 3 is 1.96 bits per heavy atom. The standard InChI is InChI=1S/C42H25N3O/c46-42-44(32-9-2-1-3-10-32)38-25-31(21-24-35(38)41-43-36-11-4-5-12-37(36)45(41)42)26-13-15-27(16-14-26)33-22-19-30-18-17-28-7-6-8-29-20-23-34(33)40(30)39(28)29/h1-25H. The summed E-state index contributed by atoms with van der Waals surface area (Å²) in [6, 6.07) is 52.7. The van der Waals surface area contributed by atoms with Gasteiger partial charge in [0.05, 0.1) is 22.2 Å². The molecule has 0 radical (unpaired) electrons. The minimum Gasteiger partial charge on any atom is -0.262 e. The maximum absolute atomic E-state index is 14.2. The molecule has 0 unspecified atom stereocenters. The Bertz CT molecular complexity index is 2850. The van der Waals surface area contributed by atoms with Crippen molar-refractivity contribution in [1.82, 2.24) is 14.0 Å². The van der Waals surface area contributed by atoms with Crippen LogP contribution in [0.15, 0.2) is 156 Å². The molecule has 8 aromatic carbocycles. The number of hydrogen-bond donors (Lipinski definition) is 0. The van der Waals surface area contributed by atoms with E-state index in [-0.39, 0.29) is 5.69 Å². The van der Waals surface area contributed by atoms with E-state index in [9.17, 15) is 4.79 Å². The number of hydrogen-bond acceptors (Lipinski definition) is 2. The van der Waals surface area contributed by atoms with Gasteiger partial charge >= 0.3 is 5.69 Å². The Morgan fingerprint density at radius 1 is 0.478 bits per heavy atom. The number of rotatable bonds is 3. The molecule has 10 rings (SSSR count). The fourth-order valence-corrected chi connectivity index (χ4v) is 7.34. The van der Waals surface area contributed by atoms with Crippen molar-refractivity contribution in [3.63, 3.8) is 0 Å². The van der Waals surface area contributed by atoms with E-state index in [0.717, 1.165) is 38.8 Å². The fourth-order valence-electron chi connectivity index (χ4n) is 7.34. The van der Waals surface area contributed by atoms with Gasteiger partial charge in [-0.3, -0.25) is 4.57 Å². The van der Waals surface area contributed by atoms with E-state index in [1.165, 1.54) is 43.4 Å². The maximum Gasteiger partial charge on any atom is 0.339 e. The average molecular weight is 588 g/mol. The molecule has 10 aromatic rings. The molecule has 4 nitrogen and oxygen atoms in total. The molecular weight excluding hydrogens is 562 g/mol. The van der Waals surface area contributed by atoms with Crippen LogP contribution in [-0.2, 0) is 0 Å². The summed E-state index contributed by atoms with van der Waals surface area (Å²) in [5.74, 6) is 0. The molecule has 214 valence electrons. The molecule has 0 spiro atoms. The average Bonchev–Trinajstić information content (AvgIpc) is 3.51. The van der Waals surface area contributed by atoms with E-state index in [2.05, 4.69) is 97.1 Å².